The normalized spacial score (nSPS) is 19.2. The summed E-state index contributed by atoms with van der Waals surface area (Å²) >= 11 is 0. The van der Waals surface area contributed by atoms with Crippen molar-refractivity contribution in [3.8, 4) is 0 Å². The van der Waals surface area contributed by atoms with Crippen LogP contribution in [0.4, 0.5) is 0 Å². The highest BCUT2D eigenvalue weighted by molar-refractivity contribution is 5.39. The molecular weight excluding hydrogens is 236 g/mol. The molecule has 98 valence electrons. The summed E-state index contributed by atoms with van der Waals surface area (Å²) in [6.45, 7) is 3.68. The van der Waals surface area contributed by atoms with Crippen molar-refractivity contribution < 1.29 is 5.11 Å². The maximum atomic E-state index is 9.64. The Morgan fingerprint density at radius 3 is 2.84 bits per heavy atom. The Morgan fingerprint density at radius 1 is 1.32 bits per heavy atom. The molecular formula is C16H18N2O. The van der Waals surface area contributed by atoms with E-state index in [9.17, 15) is 5.11 Å². The Morgan fingerprint density at radius 2 is 2.11 bits per heavy atom. The van der Waals surface area contributed by atoms with E-state index in [1.54, 1.807) is 13.1 Å². The molecule has 0 saturated carbocycles. The molecule has 0 amide bonds. The van der Waals surface area contributed by atoms with Gasteiger partial charge >= 0.3 is 0 Å². The molecule has 1 aliphatic carbocycles. The van der Waals surface area contributed by atoms with Crippen molar-refractivity contribution in [2.75, 3.05) is 0 Å². The van der Waals surface area contributed by atoms with E-state index in [0.29, 0.717) is 5.92 Å². The number of hydrogen-bond acceptors (Lipinski definition) is 3. The summed E-state index contributed by atoms with van der Waals surface area (Å²) in [5.74, 6) is 1.18. The molecule has 0 fully saturated rings. The summed E-state index contributed by atoms with van der Waals surface area (Å²) < 4.78 is 0. The number of hydrogen-bond donors (Lipinski definition) is 1. The minimum Gasteiger partial charge on any atom is -0.389 e. The zero-order valence-corrected chi connectivity index (χ0v) is 11.3. The van der Waals surface area contributed by atoms with E-state index >= 15 is 0 Å². The molecule has 1 aromatic heterocycles. The van der Waals surface area contributed by atoms with Gasteiger partial charge in [0.1, 0.15) is 5.82 Å². The van der Waals surface area contributed by atoms with E-state index in [2.05, 4.69) is 34.2 Å². The van der Waals surface area contributed by atoms with E-state index in [-0.39, 0.29) is 0 Å². The lowest BCUT2D eigenvalue weighted by molar-refractivity contribution is 0.197. The van der Waals surface area contributed by atoms with E-state index in [1.165, 1.54) is 11.1 Å². The van der Waals surface area contributed by atoms with E-state index in [0.717, 1.165) is 29.9 Å². The Kier molecular flexibility index (Phi) is 3.07. The second-order valence-corrected chi connectivity index (χ2v) is 5.24. The van der Waals surface area contributed by atoms with E-state index in [4.69, 9.17) is 0 Å². The van der Waals surface area contributed by atoms with Gasteiger partial charge in [-0.2, -0.15) is 0 Å². The molecule has 0 aliphatic heterocycles. The fraction of sp³-hybridized carbons (Fsp3) is 0.375. The Balaban J connectivity index is 1.99. The fourth-order valence-electron chi connectivity index (χ4n) is 2.90. The summed E-state index contributed by atoms with van der Waals surface area (Å²) in [6.07, 6.45) is 3.43. The van der Waals surface area contributed by atoms with Gasteiger partial charge in [-0.1, -0.05) is 24.3 Å². The molecule has 1 N–H and O–H groups in total. The van der Waals surface area contributed by atoms with Crippen molar-refractivity contribution in [3.63, 3.8) is 0 Å². The third-order valence-electron chi connectivity index (χ3n) is 3.93. The van der Waals surface area contributed by atoms with Crippen molar-refractivity contribution in [2.45, 2.75) is 38.7 Å². The van der Waals surface area contributed by atoms with Crippen LogP contribution in [0.25, 0.3) is 0 Å². The standard InChI is InChI=1S/C16H18N2O/c1-10-15(11(2)19)9-17-16(18-10)14-8-7-12-5-3-4-6-13(12)14/h3-6,9,11,14,19H,7-8H2,1-2H3. The van der Waals surface area contributed by atoms with Gasteiger partial charge in [0, 0.05) is 23.4 Å². The van der Waals surface area contributed by atoms with Gasteiger partial charge in [-0.05, 0) is 37.8 Å². The predicted molar refractivity (Wildman–Crippen MR) is 74.0 cm³/mol. The van der Waals surface area contributed by atoms with Crippen molar-refractivity contribution in [2.24, 2.45) is 0 Å². The van der Waals surface area contributed by atoms with Crippen LogP contribution in [0.3, 0.4) is 0 Å². The highest BCUT2D eigenvalue weighted by atomic mass is 16.3. The maximum absolute atomic E-state index is 9.64. The third kappa shape index (κ3) is 2.15. The van der Waals surface area contributed by atoms with Crippen LogP contribution < -0.4 is 0 Å². The molecule has 3 rings (SSSR count). The molecule has 2 aromatic rings. The van der Waals surface area contributed by atoms with E-state index in [1.807, 2.05) is 6.92 Å². The number of aliphatic hydroxyl groups excluding tert-OH is 1. The fourth-order valence-corrected chi connectivity index (χ4v) is 2.90. The molecule has 0 spiro atoms. The maximum Gasteiger partial charge on any atom is 0.136 e. The third-order valence-corrected chi connectivity index (χ3v) is 3.93. The zero-order chi connectivity index (χ0) is 13.4. The minimum atomic E-state index is -0.509. The van der Waals surface area contributed by atoms with Crippen LogP contribution in [0.1, 0.15) is 53.6 Å². The number of aliphatic hydroxyl groups is 1. The average molecular weight is 254 g/mol. The first-order valence-electron chi connectivity index (χ1n) is 6.76. The van der Waals surface area contributed by atoms with Gasteiger partial charge < -0.3 is 5.11 Å². The second-order valence-electron chi connectivity index (χ2n) is 5.24. The van der Waals surface area contributed by atoms with Gasteiger partial charge in [-0.15, -0.1) is 0 Å². The van der Waals surface area contributed by atoms with Crippen LogP contribution in [0, 0.1) is 6.92 Å². The quantitative estimate of drug-likeness (QED) is 0.896. The smallest absolute Gasteiger partial charge is 0.136 e. The first-order chi connectivity index (χ1) is 9.16. The molecule has 2 unspecified atom stereocenters. The number of fused-ring (bicyclic) bond motifs is 1. The first kappa shape index (κ1) is 12.3. The Labute approximate surface area is 113 Å². The van der Waals surface area contributed by atoms with Crippen molar-refractivity contribution in [3.05, 3.63) is 58.7 Å². The lowest BCUT2D eigenvalue weighted by Gasteiger charge is -2.13. The molecule has 3 nitrogen and oxygen atoms in total. The van der Waals surface area contributed by atoms with Crippen LogP contribution in [0.5, 0.6) is 0 Å². The number of aromatic nitrogens is 2. The SMILES string of the molecule is Cc1nc(C2CCc3ccccc32)ncc1C(C)O. The monoisotopic (exact) mass is 254 g/mol. The lowest BCUT2D eigenvalue weighted by Crippen LogP contribution is -2.07. The number of rotatable bonds is 2. The molecule has 0 saturated heterocycles. The van der Waals surface area contributed by atoms with Gasteiger partial charge in [0.05, 0.1) is 6.10 Å². The van der Waals surface area contributed by atoms with Crippen LogP contribution >= 0.6 is 0 Å². The minimum absolute atomic E-state index is 0.304. The predicted octanol–water partition coefficient (Wildman–Crippen LogP) is 2.92. The summed E-state index contributed by atoms with van der Waals surface area (Å²) in [6, 6.07) is 8.53. The van der Waals surface area contributed by atoms with Gasteiger partial charge in [-0.25, -0.2) is 9.97 Å². The molecule has 2 atom stereocenters. The van der Waals surface area contributed by atoms with Gasteiger partial charge in [0.2, 0.25) is 0 Å². The van der Waals surface area contributed by atoms with Crippen molar-refractivity contribution >= 4 is 0 Å². The van der Waals surface area contributed by atoms with Crippen molar-refractivity contribution in [1.82, 2.24) is 9.97 Å². The lowest BCUT2D eigenvalue weighted by atomic mass is 10.00. The topological polar surface area (TPSA) is 46.0 Å². The molecule has 0 bridgehead atoms. The van der Waals surface area contributed by atoms with Crippen LogP contribution in [-0.2, 0) is 6.42 Å². The molecule has 0 radical (unpaired) electrons. The summed E-state index contributed by atoms with van der Waals surface area (Å²) in [5, 5.41) is 9.64. The van der Waals surface area contributed by atoms with Crippen LogP contribution in [-0.4, -0.2) is 15.1 Å². The molecule has 1 aromatic carbocycles. The summed E-state index contributed by atoms with van der Waals surface area (Å²) in [7, 11) is 0. The second kappa shape index (κ2) is 4.74. The van der Waals surface area contributed by atoms with Gasteiger partial charge in [0.25, 0.3) is 0 Å². The summed E-state index contributed by atoms with van der Waals surface area (Å²) in [5.41, 5.74) is 4.46. The first-order valence-corrected chi connectivity index (χ1v) is 6.76. The zero-order valence-electron chi connectivity index (χ0n) is 11.3. The molecule has 19 heavy (non-hydrogen) atoms. The van der Waals surface area contributed by atoms with Crippen molar-refractivity contribution in [1.29, 1.82) is 0 Å². The Bertz CT molecular complexity index is 607. The molecule has 1 aliphatic rings. The summed E-state index contributed by atoms with van der Waals surface area (Å²) in [4.78, 5) is 9.07. The Hall–Kier alpha value is -1.74. The molecule has 3 heteroatoms. The van der Waals surface area contributed by atoms with Crippen LogP contribution in [0.15, 0.2) is 30.5 Å². The number of nitrogens with zero attached hydrogens (tertiary/aromatic N) is 2. The van der Waals surface area contributed by atoms with Crippen LogP contribution in [0.2, 0.25) is 0 Å². The molecule has 1 heterocycles. The highest BCUT2D eigenvalue weighted by Gasteiger charge is 2.26. The van der Waals surface area contributed by atoms with E-state index < -0.39 is 6.10 Å². The van der Waals surface area contributed by atoms with Gasteiger partial charge in [0.15, 0.2) is 0 Å². The largest absolute Gasteiger partial charge is 0.389 e. The average Bonchev–Trinajstić information content (AvgIpc) is 2.82. The number of aryl methyl sites for hydroxylation is 2. The number of benzene rings is 1. The van der Waals surface area contributed by atoms with Gasteiger partial charge in [-0.3, -0.25) is 0 Å². The highest BCUT2D eigenvalue weighted by Crippen LogP contribution is 2.36.